The minimum Gasteiger partial charge on any atom is -0.444 e. The minimum atomic E-state index is -0.511. The molecule has 0 saturated heterocycles. The summed E-state index contributed by atoms with van der Waals surface area (Å²) in [5, 5.41) is 13.8. The number of guanidine groups is 1. The zero-order valence-corrected chi connectivity index (χ0v) is 17.0. The fourth-order valence-electron chi connectivity index (χ4n) is 2.29. The van der Waals surface area contributed by atoms with Crippen molar-refractivity contribution < 1.29 is 9.53 Å². The van der Waals surface area contributed by atoms with Crippen LogP contribution in [0.25, 0.3) is 0 Å². The van der Waals surface area contributed by atoms with Gasteiger partial charge in [-0.2, -0.15) is 11.3 Å². The number of rotatable bonds is 7. The Morgan fingerprint density at radius 2 is 1.92 bits per heavy atom. The van der Waals surface area contributed by atoms with Crippen LogP contribution in [0.3, 0.4) is 0 Å². The van der Waals surface area contributed by atoms with Gasteiger partial charge in [-0.1, -0.05) is 13.8 Å². The molecule has 0 bridgehead atoms. The van der Waals surface area contributed by atoms with Crippen molar-refractivity contribution in [2.75, 3.05) is 13.6 Å². The molecular formula is C18H32N4O2S. The van der Waals surface area contributed by atoms with E-state index in [1.165, 1.54) is 5.56 Å². The van der Waals surface area contributed by atoms with E-state index in [1.807, 2.05) is 20.8 Å². The smallest absolute Gasteiger partial charge is 0.408 e. The zero-order chi connectivity index (χ0) is 18.9. The van der Waals surface area contributed by atoms with E-state index in [-0.39, 0.29) is 11.6 Å². The van der Waals surface area contributed by atoms with E-state index < -0.39 is 5.60 Å². The summed E-state index contributed by atoms with van der Waals surface area (Å²) in [6.45, 7) is 11.0. The molecule has 0 radical (unpaired) electrons. The molecule has 0 aliphatic rings. The van der Waals surface area contributed by atoms with Gasteiger partial charge in [0.15, 0.2) is 5.96 Å². The van der Waals surface area contributed by atoms with E-state index in [4.69, 9.17) is 4.74 Å². The van der Waals surface area contributed by atoms with Gasteiger partial charge in [-0.3, -0.25) is 4.99 Å². The molecule has 25 heavy (non-hydrogen) atoms. The summed E-state index contributed by atoms with van der Waals surface area (Å²) in [7, 11) is 1.74. The number of carbonyl (C=O) groups excluding carboxylic acids is 1. The van der Waals surface area contributed by atoms with Crippen molar-refractivity contribution in [3.8, 4) is 0 Å². The lowest BCUT2D eigenvalue weighted by Crippen LogP contribution is -2.57. The first-order valence-corrected chi connectivity index (χ1v) is 9.64. The fourth-order valence-corrected chi connectivity index (χ4v) is 2.96. The summed E-state index contributed by atoms with van der Waals surface area (Å²) in [4.78, 5) is 16.4. The molecule has 0 aliphatic heterocycles. The maximum absolute atomic E-state index is 12.2. The Morgan fingerprint density at radius 3 is 2.40 bits per heavy atom. The van der Waals surface area contributed by atoms with Crippen molar-refractivity contribution in [2.24, 2.45) is 4.99 Å². The molecule has 0 spiro atoms. The standard InChI is InChI=1S/C18H32N4O2S/c1-7-18(8-2,22-16(23)24-17(3,4)5)13-21-15(19-6)20-11-14-9-10-25-12-14/h9-10,12H,7-8,11,13H2,1-6H3,(H,22,23)(H2,19,20,21). The third kappa shape index (κ3) is 7.77. The second-order valence-corrected chi connectivity index (χ2v) is 7.81. The lowest BCUT2D eigenvalue weighted by atomic mass is 9.93. The van der Waals surface area contributed by atoms with Gasteiger partial charge in [0.25, 0.3) is 0 Å². The molecule has 6 nitrogen and oxygen atoms in total. The van der Waals surface area contributed by atoms with Crippen LogP contribution < -0.4 is 16.0 Å². The molecule has 0 fully saturated rings. The molecule has 0 saturated carbocycles. The molecule has 0 atom stereocenters. The molecule has 7 heteroatoms. The summed E-state index contributed by atoms with van der Waals surface area (Å²) < 4.78 is 5.40. The Morgan fingerprint density at radius 1 is 1.24 bits per heavy atom. The van der Waals surface area contributed by atoms with E-state index in [0.29, 0.717) is 19.0 Å². The molecule has 1 amide bonds. The molecule has 1 heterocycles. The van der Waals surface area contributed by atoms with Crippen LogP contribution in [0.1, 0.15) is 53.0 Å². The SMILES string of the molecule is CCC(CC)(CNC(=NC)NCc1ccsc1)NC(=O)OC(C)(C)C. The fraction of sp³-hybridized carbons (Fsp3) is 0.667. The lowest BCUT2D eigenvalue weighted by Gasteiger charge is -2.34. The summed E-state index contributed by atoms with van der Waals surface area (Å²) in [6, 6.07) is 2.08. The summed E-state index contributed by atoms with van der Waals surface area (Å²) in [5.74, 6) is 0.712. The molecule has 0 unspecified atom stereocenters. The van der Waals surface area contributed by atoms with E-state index in [2.05, 4.69) is 51.6 Å². The monoisotopic (exact) mass is 368 g/mol. The van der Waals surface area contributed by atoms with Gasteiger partial charge in [-0.15, -0.1) is 0 Å². The Bertz CT molecular complexity index is 546. The number of hydrogen-bond donors (Lipinski definition) is 3. The Labute approximate surface area is 155 Å². The number of amides is 1. The van der Waals surface area contributed by atoms with Crippen LogP contribution in [0, 0.1) is 0 Å². The quantitative estimate of drug-likeness (QED) is 0.509. The summed E-state index contributed by atoms with van der Waals surface area (Å²) in [6.07, 6.45) is 1.19. The molecule has 1 aromatic heterocycles. The third-order valence-electron chi connectivity index (χ3n) is 3.98. The highest BCUT2D eigenvalue weighted by molar-refractivity contribution is 7.07. The van der Waals surface area contributed by atoms with Crippen LogP contribution in [0.5, 0.6) is 0 Å². The maximum Gasteiger partial charge on any atom is 0.408 e. The van der Waals surface area contributed by atoms with Crippen molar-refractivity contribution in [1.82, 2.24) is 16.0 Å². The first-order chi connectivity index (χ1) is 11.7. The maximum atomic E-state index is 12.2. The number of thiophene rings is 1. The molecular weight excluding hydrogens is 336 g/mol. The number of ether oxygens (including phenoxy) is 1. The lowest BCUT2D eigenvalue weighted by molar-refractivity contribution is 0.0448. The van der Waals surface area contributed by atoms with Crippen LogP contribution in [-0.4, -0.2) is 36.8 Å². The van der Waals surface area contributed by atoms with Gasteiger partial charge < -0.3 is 20.7 Å². The van der Waals surface area contributed by atoms with Crippen molar-refractivity contribution in [1.29, 1.82) is 0 Å². The number of carbonyl (C=O) groups is 1. The molecule has 1 aromatic rings. The number of nitrogens with one attached hydrogen (secondary N) is 3. The Hall–Kier alpha value is -1.76. The first kappa shape index (κ1) is 21.3. The van der Waals surface area contributed by atoms with Crippen molar-refractivity contribution >= 4 is 23.4 Å². The van der Waals surface area contributed by atoms with E-state index >= 15 is 0 Å². The number of alkyl carbamates (subject to hydrolysis) is 1. The molecule has 3 N–H and O–H groups in total. The first-order valence-electron chi connectivity index (χ1n) is 8.70. The second-order valence-electron chi connectivity index (χ2n) is 7.03. The van der Waals surface area contributed by atoms with E-state index in [0.717, 1.165) is 12.8 Å². The summed E-state index contributed by atoms with van der Waals surface area (Å²) in [5.41, 5.74) is 0.322. The summed E-state index contributed by atoms with van der Waals surface area (Å²) >= 11 is 1.67. The van der Waals surface area contributed by atoms with Crippen LogP contribution in [0.2, 0.25) is 0 Å². The normalized spacial score (nSPS) is 12.6. The van der Waals surface area contributed by atoms with Crippen LogP contribution in [0.4, 0.5) is 4.79 Å². The molecule has 0 aromatic carbocycles. The van der Waals surface area contributed by atoms with Gasteiger partial charge in [0.05, 0.1) is 5.54 Å². The van der Waals surface area contributed by atoms with Crippen LogP contribution in [0.15, 0.2) is 21.8 Å². The highest BCUT2D eigenvalue weighted by atomic mass is 32.1. The zero-order valence-electron chi connectivity index (χ0n) is 16.2. The van der Waals surface area contributed by atoms with Gasteiger partial charge in [-0.05, 0) is 56.0 Å². The minimum absolute atomic E-state index is 0.387. The average Bonchev–Trinajstić information content (AvgIpc) is 3.05. The second kappa shape index (κ2) is 9.65. The van der Waals surface area contributed by atoms with Crippen LogP contribution in [-0.2, 0) is 11.3 Å². The van der Waals surface area contributed by atoms with Crippen LogP contribution >= 0.6 is 11.3 Å². The van der Waals surface area contributed by atoms with Crippen molar-refractivity contribution in [2.45, 2.75) is 65.1 Å². The molecule has 1 rings (SSSR count). The van der Waals surface area contributed by atoms with Gasteiger partial charge >= 0.3 is 6.09 Å². The van der Waals surface area contributed by atoms with Gasteiger partial charge in [-0.25, -0.2) is 4.79 Å². The highest BCUT2D eigenvalue weighted by Crippen LogP contribution is 2.16. The molecule has 0 aliphatic carbocycles. The van der Waals surface area contributed by atoms with Gasteiger partial charge in [0, 0.05) is 20.1 Å². The van der Waals surface area contributed by atoms with Crippen molar-refractivity contribution in [3.05, 3.63) is 22.4 Å². The Kier molecular flexibility index (Phi) is 8.22. The predicted octanol–water partition coefficient (Wildman–Crippen LogP) is 3.50. The highest BCUT2D eigenvalue weighted by Gasteiger charge is 2.30. The van der Waals surface area contributed by atoms with Gasteiger partial charge in [0.1, 0.15) is 5.60 Å². The predicted molar refractivity (Wildman–Crippen MR) is 105 cm³/mol. The average molecular weight is 369 g/mol. The van der Waals surface area contributed by atoms with Crippen molar-refractivity contribution in [3.63, 3.8) is 0 Å². The van der Waals surface area contributed by atoms with Gasteiger partial charge in [0.2, 0.25) is 0 Å². The largest absolute Gasteiger partial charge is 0.444 e. The van der Waals surface area contributed by atoms with E-state index in [1.54, 1.807) is 18.4 Å². The number of hydrogen-bond acceptors (Lipinski definition) is 4. The number of nitrogens with zero attached hydrogens (tertiary/aromatic N) is 1. The topological polar surface area (TPSA) is 74.8 Å². The Balaban J connectivity index is 2.61. The number of aliphatic imine (C=N–C) groups is 1. The third-order valence-corrected chi connectivity index (χ3v) is 4.71. The van der Waals surface area contributed by atoms with E-state index in [9.17, 15) is 4.79 Å². The molecule has 142 valence electrons.